The van der Waals surface area contributed by atoms with Crippen LogP contribution in [-0.4, -0.2) is 33.8 Å². The minimum atomic E-state index is 0.488. The first-order chi connectivity index (χ1) is 12.7. The number of fused-ring (bicyclic) bond motifs is 1. The van der Waals surface area contributed by atoms with Crippen LogP contribution in [0.4, 0.5) is 5.82 Å². The van der Waals surface area contributed by atoms with Crippen LogP contribution in [0.1, 0.15) is 0 Å². The topological polar surface area (TPSA) is 87.6 Å². The summed E-state index contributed by atoms with van der Waals surface area (Å²) >= 11 is 0. The van der Waals surface area contributed by atoms with E-state index in [0.717, 1.165) is 11.1 Å². The van der Waals surface area contributed by atoms with Crippen molar-refractivity contribution < 1.29 is 9.47 Å². The Morgan fingerprint density at radius 1 is 0.923 bits per heavy atom. The van der Waals surface area contributed by atoms with Crippen molar-refractivity contribution in [2.24, 2.45) is 0 Å². The van der Waals surface area contributed by atoms with Crippen molar-refractivity contribution >= 4 is 11.5 Å². The van der Waals surface area contributed by atoms with E-state index >= 15 is 0 Å². The van der Waals surface area contributed by atoms with Gasteiger partial charge >= 0.3 is 0 Å². The molecule has 4 aromatic rings. The van der Waals surface area contributed by atoms with Crippen LogP contribution in [0.25, 0.3) is 28.3 Å². The zero-order valence-corrected chi connectivity index (χ0v) is 14.4. The number of benzene rings is 1. The zero-order chi connectivity index (χ0) is 18.1. The average molecular weight is 347 g/mol. The van der Waals surface area contributed by atoms with E-state index in [1.165, 1.54) is 0 Å². The second kappa shape index (κ2) is 6.36. The van der Waals surface area contributed by atoms with Gasteiger partial charge in [0, 0.05) is 6.20 Å². The van der Waals surface area contributed by atoms with Crippen LogP contribution in [0, 0.1) is 0 Å². The van der Waals surface area contributed by atoms with Gasteiger partial charge in [0.25, 0.3) is 0 Å². The summed E-state index contributed by atoms with van der Waals surface area (Å²) in [4.78, 5) is 8.85. The predicted octanol–water partition coefficient (Wildman–Crippen LogP) is 3.06. The maximum absolute atomic E-state index is 6.20. The Bertz CT molecular complexity index is 1080. The molecule has 0 saturated heterocycles. The van der Waals surface area contributed by atoms with Gasteiger partial charge in [0.1, 0.15) is 11.5 Å². The van der Waals surface area contributed by atoms with Crippen LogP contribution < -0.4 is 15.2 Å². The highest BCUT2D eigenvalue weighted by molar-refractivity contribution is 5.73. The van der Waals surface area contributed by atoms with E-state index in [1.54, 1.807) is 24.9 Å². The van der Waals surface area contributed by atoms with Crippen molar-refractivity contribution in [1.29, 1.82) is 0 Å². The van der Waals surface area contributed by atoms with Crippen molar-refractivity contribution in [3.8, 4) is 34.1 Å². The second-order valence-corrected chi connectivity index (χ2v) is 5.66. The summed E-state index contributed by atoms with van der Waals surface area (Å²) < 4.78 is 12.3. The van der Waals surface area contributed by atoms with Gasteiger partial charge in [0.15, 0.2) is 17.1 Å². The smallest absolute Gasteiger partial charge is 0.200 e. The summed E-state index contributed by atoms with van der Waals surface area (Å²) in [6.07, 6.45) is 1.71. The lowest BCUT2D eigenvalue weighted by Crippen LogP contribution is -1.99. The van der Waals surface area contributed by atoms with E-state index in [9.17, 15) is 0 Å². The molecule has 0 unspecified atom stereocenters. The lowest BCUT2D eigenvalue weighted by atomic mass is 10.1. The maximum atomic E-state index is 6.20. The highest BCUT2D eigenvalue weighted by atomic mass is 16.5. The SMILES string of the molecule is COc1ccc(-c2cc(N)n3nc(-c4ccccn4)nc3c2)cc1OC. The number of aromatic nitrogens is 4. The number of hydrogen-bond acceptors (Lipinski definition) is 6. The summed E-state index contributed by atoms with van der Waals surface area (Å²) in [5.41, 5.74) is 9.40. The van der Waals surface area contributed by atoms with Gasteiger partial charge in [-0.1, -0.05) is 12.1 Å². The molecule has 4 rings (SSSR count). The number of hydrogen-bond donors (Lipinski definition) is 1. The molecule has 0 aliphatic carbocycles. The minimum Gasteiger partial charge on any atom is -0.493 e. The molecule has 3 aromatic heterocycles. The predicted molar refractivity (Wildman–Crippen MR) is 99.2 cm³/mol. The quantitative estimate of drug-likeness (QED) is 0.610. The maximum Gasteiger partial charge on any atom is 0.200 e. The molecule has 26 heavy (non-hydrogen) atoms. The molecule has 0 spiro atoms. The number of nitrogens with two attached hydrogens (primary N) is 1. The molecule has 0 radical (unpaired) electrons. The Kier molecular flexibility index (Phi) is 3.89. The van der Waals surface area contributed by atoms with Crippen molar-refractivity contribution in [3.63, 3.8) is 0 Å². The van der Waals surface area contributed by atoms with Crippen molar-refractivity contribution in [3.05, 3.63) is 54.7 Å². The van der Waals surface area contributed by atoms with Crippen LogP contribution in [0.3, 0.4) is 0 Å². The van der Waals surface area contributed by atoms with E-state index in [-0.39, 0.29) is 0 Å². The summed E-state index contributed by atoms with van der Waals surface area (Å²) in [6, 6.07) is 15.1. The second-order valence-electron chi connectivity index (χ2n) is 5.66. The molecule has 3 heterocycles. The standard InChI is InChI=1S/C19H17N5O2/c1-25-15-7-6-12(9-16(15)26-2)13-10-17(20)24-18(11-13)22-19(23-24)14-5-3-4-8-21-14/h3-11H,20H2,1-2H3. The fourth-order valence-electron chi connectivity index (χ4n) is 2.79. The van der Waals surface area contributed by atoms with E-state index in [0.29, 0.717) is 34.5 Å². The first-order valence-electron chi connectivity index (χ1n) is 7.99. The van der Waals surface area contributed by atoms with E-state index in [1.807, 2.05) is 48.5 Å². The summed E-state index contributed by atoms with van der Waals surface area (Å²) in [6.45, 7) is 0. The van der Waals surface area contributed by atoms with Crippen LogP contribution in [-0.2, 0) is 0 Å². The van der Waals surface area contributed by atoms with Gasteiger partial charge < -0.3 is 15.2 Å². The van der Waals surface area contributed by atoms with Crippen LogP contribution in [0.15, 0.2) is 54.7 Å². The third-order valence-corrected chi connectivity index (χ3v) is 4.08. The first-order valence-corrected chi connectivity index (χ1v) is 7.99. The molecule has 7 heteroatoms. The molecular weight excluding hydrogens is 330 g/mol. The molecular formula is C19H17N5O2. The van der Waals surface area contributed by atoms with Crippen molar-refractivity contribution in [2.75, 3.05) is 20.0 Å². The number of rotatable bonds is 4. The van der Waals surface area contributed by atoms with Gasteiger partial charge in [-0.2, -0.15) is 4.52 Å². The fourth-order valence-corrected chi connectivity index (χ4v) is 2.79. The van der Waals surface area contributed by atoms with Crippen LogP contribution >= 0.6 is 0 Å². The summed E-state index contributed by atoms with van der Waals surface area (Å²) in [7, 11) is 3.22. The largest absolute Gasteiger partial charge is 0.493 e. The Morgan fingerprint density at radius 3 is 2.50 bits per heavy atom. The monoisotopic (exact) mass is 347 g/mol. The lowest BCUT2D eigenvalue weighted by Gasteiger charge is -2.10. The molecule has 0 aliphatic heterocycles. The zero-order valence-electron chi connectivity index (χ0n) is 14.4. The van der Waals surface area contributed by atoms with Gasteiger partial charge in [-0.25, -0.2) is 4.98 Å². The Hall–Kier alpha value is -3.61. The molecule has 0 bridgehead atoms. The fraction of sp³-hybridized carbons (Fsp3) is 0.105. The number of anilines is 1. The van der Waals surface area contributed by atoms with Gasteiger partial charge in [-0.15, -0.1) is 5.10 Å². The summed E-state index contributed by atoms with van der Waals surface area (Å²) in [5.74, 6) is 2.34. The molecule has 2 N–H and O–H groups in total. The molecule has 7 nitrogen and oxygen atoms in total. The molecule has 0 saturated carbocycles. The number of nitrogen functional groups attached to an aromatic ring is 1. The van der Waals surface area contributed by atoms with Gasteiger partial charge in [0.05, 0.1) is 14.2 Å². The Morgan fingerprint density at radius 2 is 1.77 bits per heavy atom. The number of pyridine rings is 2. The van der Waals surface area contributed by atoms with Gasteiger partial charge in [-0.05, 0) is 47.5 Å². The van der Waals surface area contributed by atoms with Crippen LogP contribution in [0.2, 0.25) is 0 Å². The van der Waals surface area contributed by atoms with Gasteiger partial charge in [0.2, 0.25) is 5.82 Å². The number of nitrogens with zero attached hydrogens (tertiary/aromatic N) is 4. The van der Waals surface area contributed by atoms with E-state index in [2.05, 4.69) is 15.1 Å². The van der Waals surface area contributed by atoms with E-state index < -0.39 is 0 Å². The van der Waals surface area contributed by atoms with Crippen molar-refractivity contribution in [1.82, 2.24) is 19.6 Å². The molecule has 0 atom stereocenters. The molecule has 1 aromatic carbocycles. The van der Waals surface area contributed by atoms with Crippen LogP contribution in [0.5, 0.6) is 11.5 Å². The van der Waals surface area contributed by atoms with Gasteiger partial charge in [-0.3, -0.25) is 4.98 Å². The highest BCUT2D eigenvalue weighted by Crippen LogP contribution is 2.33. The first kappa shape index (κ1) is 15.9. The lowest BCUT2D eigenvalue weighted by molar-refractivity contribution is 0.355. The number of methoxy groups -OCH3 is 2. The molecule has 0 fully saturated rings. The molecule has 0 aliphatic rings. The van der Waals surface area contributed by atoms with E-state index in [4.69, 9.17) is 15.2 Å². The normalized spacial score (nSPS) is 10.8. The minimum absolute atomic E-state index is 0.488. The number of ether oxygens (including phenoxy) is 2. The third-order valence-electron chi connectivity index (χ3n) is 4.08. The Labute approximate surface area is 150 Å². The highest BCUT2D eigenvalue weighted by Gasteiger charge is 2.12. The summed E-state index contributed by atoms with van der Waals surface area (Å²) in [5, 5.41) is 4.45. The molecule has 0 amide bonds. The average Bonchev–Trinajstić information content (AvgIpc) is 3.13. The molecule has 130 valence electrons. The third kappa shape index (κ3) is 2.69. The van der Waals surface area contributed by atoms with Crippen molar-refractivity contribution in [2.45, 2.75) is 0 Å². The Balaban J connectivity index is 1.82.